The molecule has 7 nitrogen and oxygen atoms in total. The maximum atomic E-state index is 6.26. The van der Waals surface area contributed by atoms with Crippen molar-refractivity contribution in [3.05, 3.63) is 53.2 Å². The van der Waals surface area contributed by atoms with Crippen LogP contribution in [0.5, 0.6) is 0 Å². The minimum Gasteiger partial charge on any atom is -0.375 e. The Labute approximate surface area is 206 Å². The summed E-state index contributed by atoms with van der Waals surface area (Å²) in [4.78, 5) is 15.9. The van der Waals surface area contributed by atoms with Crippen molar-refractivity contribution in [1.82, 2.24) is 9.88 Å². The van der Waals surface area contributed by atoms with E-state index in [1.54, 1.807) is 0 Å². The maximum absolute atomic E-state index is 6.26. The number of aliphatic imine (C=N–C) groups is 1. The van der Waals surface area contributed by atoms with Gasteiger partial charge in [-0.1, -0.05) is 17.7 Å². The molecule has 0 aliphatic carbocycles. The molecule has 1 unspecified atom stereocenters. The van der Waals surface area contributed by atoms with E-state index in [0.717, 1.165) is 62.3 Å². The largest absolute Gasteiger partial charge is 0.375 e. The monoisotopic (exact) mass is 556 g/mol. The van der Waals surface area contributed by atoms with Crippen molar-refractivity contribution in [2.45, 2.75) is 19.6 Å². The van der Waals surface area contributed by atoms with Gasteiger partial charge in [0.1, 0.15) is 5.82 Å². The summed E-state index contributed by atoms with van der Waals surface area (Å²) < 4.78 is 5.60. The third-order valence-corrected chi connectivity index (χ3v) is 5.85. The molecule has 2 N–H and O–H groups in total. The van der Waals surface area contributed by atoms with Crippen LogP contribution in [0.1, 0.15) is 12.5 Å². The van der Waals surface area contributed by atoms with Gasteiger partial charge in [0.15, 0.2) is 5.96 Å². The van der Waals surface area contributed by atoms with Crippen molar-refractivity contribution in [2.75, 3.05) is 55.7 Å². The third-order valence-electron chi connectivity index (χ3n) is 5.59. The van der Waals surface area contributed by atoms with Crippen LogP contribution in [0.3, 0.4) is 0 Å². The minimum absolute atomic E-state index is 0. The number of morpholine rings is 1. The molecule has 2 aliphatic heterocycles. The molecular formula is C22H30ClIN6O. The van der Waals surface area contributed by atoms with Gasteiger partial charge in [-0.15, -0.1) is 24.0 Å². The first-order valence-corrected chi connectivity index (χ1v) is 10.8. The highest BCUT2D eigenvalue weighted by molar-refractivity contribution is 14.0. The third kappa shape index (κ3) is 6.36. The van der Waals surface area contributed by atoms with Crippen molar-refractivity contribution in [3.63, 3.8) is 0 Å². The summed E-state index contributed by atoms with van der Waals surface area (Å²) in [6.07, 6.45) is 2.13. The number of hydrogen-bond acceptors (Lipinski definition) is 5. The minimum atomic E-state index is 0. The quantitative estimate of drug-likeness (QED) is 0.354. The zero-order chi connectivity index (χ0) is 20.9. The molecule has 3 heterocycles. The van der Waals surface area contributed by atoms with Crippen molar-refractivity contribution < 1.29 is 4.74 Å². The molecule has 1 atom stereocenters. The smallest absolute Gasteiger partial charge is 0.191 e. The number of anilines is 2. The first kappa shape index (κ1) is 23.9. The second kappa shape index (κ2) is 11.2. The van der Waals surface area contributed by atoms with Gasteiger partial charge >= 0.3 is 0 Å². The molecule has 4 rings (SSSR count). The van der Waals surface area contributed by atoms with Crippen molar-refractivity contribution >= 4 is 53.0 Å². The number of halogens is 2. The van der Waals surface area contributed by atoms with Crippen molar-refractivity contribution in [1.29, 1.82) is 0 Å². The Hall–Kier alpha value is -1.78. The van der Waals surface area contributed by atoms with Gasteiger partial charge in [-0.25, -0.2) is 9.98 Å². The number of piperazine rings is 1. The van der Waals surface area contributed by atoms with Crippen molar-refractivity contribution in [2.24, 2.45) is 10.7 Å². The summed E-state index contributed by atoms with van der Waals surface area (Å²) in [6, 6.07) is 12.1. The van der Waals surface area contributed by atoms with Gasteiger partial charge in [0.05, 0.1) is 19.3 Å². The second-order valence-electron chi connectivity index (χ2n) is 7.78. The standard InChI is InChI=1S/C22H29ClN6O.HI/c1-17-16-29(12-13-30-17)21-7-2-18(14-25-21)15-26-22(24)28-10-8-27(9-11-28)20-5-3-19(23)4-6-20;/h2-7,14,17H,8-13,15-16H2,1H3,(H2,24,26);1H. The number of nitrogens with zero attached hydrogens (tertiary/aromatic N) is 5. The number of guanidine groups is 1. The van der Waals surface area contributed by atoms with Crippen molar-refractivity contribution in [3.8, 4) is 0 Å². The van der Waals surface area contributed by atoms with E-state index in [2.05, 4.69) is 55.9 Å². The van der Waals surface area contributed by atoms with E-state index in [1.165, 1.54) is 5.69 Å². The van der Waals surface area contributed by atoms with E-state index in [4.69, 9.17) is 22.1 Å². The first-order valence-electron chi connectivity index (χ1n) is 10.5. The molecule has 0 radical (unpaired) electrons. The Morgan fingerprint density at radius 1 is 1.10 bits per heavy atom. The lowest BCUT2D eigenvalue weighted by atomic mass is 10.2. The summed E-state index contributed by atoms with van der Waals surface area (Å²) in [7, 11) is 0. The summed E-state index contributed by atoms with van der Waals surface area (Å²) >= 11 is 5.98. The normalized spacial score (nSPS) is 19.9. The Balaban J connectivity index is 0.00000272. The summed E-state index contributed by atoms with van der Waals surface area (Å²) in [5, 5.41) is 0.760. The fourth-order valence-electron chi connectivity index (χ4n) is 3.84. The average molecular weight is 557 g/mol. The zero-order valence-electron chi connectivity index (χ0n) is 17.8. The number of aromatic nitrogens is 1. The highest BCUT2D eigenvalue weighted by atomic mass is 127. The predicted molar refractivity (Wildman–Crippen MR) is 138 cm³/mol. The molecule has 2 saturated heterocycles. The van der Waals surface area contributed by atoms with E-state index in [0.29, 0.717) is 12.5 Å². The lowest BCUT2D eigenvalue weighted by molar-refractivity contribution is 0.0529. The number of hydrogen-bond donors (Lipinski definition) is 1. The molecule has 0 bridgehead atoms. The first-order chi connectivity index (χ1) is 14.6. The number of rotatable bonds is 4. The van der Waals surface area contributed by atoms with E-state index >= 15 is 0 Å². The molecule has 0 amide bonds. The number of nitrogens with two attached hydrogens (primary N) is 1. The number of benzene rings is 1. The molecule has 2 fully saturated rings. The Kier molecular flexibility index (Phi) is 8.62. The van der Waals surface area contributed by atoms with Crippen LogP contribution in [0.15, 0.2) is 47.6 Å². The fourth-order valence-corrected chi connectivity index (χ4v) is 3.97. The lowest BCUT2D eigenvalue weighted by Gasteiger charge is -2.36. The highest BCUT2D eigenvalue weighted by Crippen LogP contribution is 2.20. The second-order valence-corrected chi connectivity index (χ2v) is 8.21. The molecule has 0 saturated carbocycles. The average Bonchev–Trinajstić information content (AvgIpc) is 2.78. The molecule has 1 aromatic heterocycles. The van der Waals surface area contributed by atoms with Gasteiger partial charge in [0.25, 0.3) is 0 Å². The van der Waals surface area contributed by atoms with Crippen LogP contribution in [0.4, 0.5) is 11.5 Å². The van der Waals surface area contributed by atoms with Crippen LogP contribution in [0.25, 0.3) is 0 Å². The molecule has 1 aromatic carbocycles. The van der Waals surface area contributed by atoms with Crippen LogP contribution >= 0.6 is 35.6 Å². The molecule has 168 valence electrons. The molecule has 31 heavy (non-hydrogen) atoms. The summed E-state index contributed by atoms with van der Waals surface area (Å²) in [5.41, 5.74) is 8.51. The van der Waals surface area contributed by atoms with Gasteiger partial charge < -0.3 is 25.2 Å². The van der Waals surface area contributed by atoms with E-state index in [9.17, 15) is 0 Å². The molecule has 2 aliphatic rings. The van der Waals surface area contributed by atoms with Gasteiger partial charge in [-0.05, 0) is 42.8 Å². The van der Waals surface area contributed by atoms with Crippen LogP contribution in [0, 0.1) is 0 Å². The molecular weight excluding hydrogens is 527 g/mol. The van der Waals surface area contributed by atoms with E-state index < -0.39 is 0 Å². The van der Waals surface area contributed by atoms with Gasteiger partial charge in [0, 0.05) is 56.2 Å². The van der Waals surface area contributed by atoms with E-state index in [-0.39, 0.29) is 30.1 Å². The van der Waals surface area contributed by atoms with Gasteiger partial charge in [-0.2, -0.15) is 0 Å². The molecule has 9 heteroatoms. The SMILES string of the molecule is CC1CN(c2ccc(CN=C(N)N3CCN(c4ccc(Cl)cc4)CC3)cn2)CCO1.I. The Bertz CT molecular complexity index is 855. The number of pyridine rings is 1. The number of ether oxygens (including phenoxy) is 1. The fraction of sp³-hybridized carbons (Fsp3) is 0.455. The Morgan fingerprint density at radius 3 is 2.48 bits per heavy atom. The van der Waals surface area contributed by atoms with Crippen LogP contribution in [-0.2, 0) is 11.3 Å². The van der Waals surface area contributed by atoms with Crippen LogP contribution in [0.2, 0.25) is 5.02 Å². The molecule has 0 spiro atoms. The summed E-state index contributed by atoms with van der Waals surface area (Å²) in [5.74, 6) is 1.58. The van der Waals surface area contributed by atoms with E-state index in [1.807, 2.05) is 18.3 Å². The predicted octanol–water partition coefficient (Wildman–Crippen LogP) is 3.22. The van der Waals surface area contributed by atoms with Gasteiger partial charge in [-0.3, -0.25) is 0 Å². The molecule has 2 aromatic rings. The summed E-state index contributed by atoms with van der Waals surface area (Å²) in [6.45, 7) is 8.65. The van der Waals surface area contributed by atoms with Crippen LogP contribution < -0.4 is 15.5 Å². The van der Waals surface area contributed by atoms with Gasteiger partial charge in [0.2, 0.25) is 0 Å². The topological polar surface area (TPSA) is 70.2 Å². The highest BCUT2D eigenvalue weighted by Gasteiger charge is 2.19. The van der Waals surface area contributed by atoms with Crippen LogP contribution in [-0.4, -0.2) is 67.8 Å². The Morgan fingerprint density at radius 2 is 1.84 bits per heavy atom. The zero-order valence-corrected chi connectivity index (χ0v) is 20.9. The maximum Gasteiger partial charge on any atom is 0.191 e. The lowest BCUT2D eigenvalue weighted by Crippen LogP contribution is -2.51.